The topological polar surface area (TPSA) is 45.2 Å². The van der Waals surface area contributed by atoms with Gasteiger partial charge in [-0.15, -0.1) is 0 Å². The van der Waals surface area contributed by atoms with Gasteiger partial charge in [-0.2, -0.15) is 13.2 Å². The molecule has 0 aromatic carbocycles. The highest BCUT2D eigenvalue weighted by atomic mass is 19.4. The van der Waals surface area contributed by atoms with Gasteiger partial charge < -0.3 is 10.2 Å². The molecule has 1 atom stereocenters. The summed E-state index contributed by atoms with van der Waals surface area (Å²) >= 11 is 0. The minimum Gasteiger partial charge on any atom is -0.309 e. The maximum Gasteiger partial charge on any atom is 0.433 e. The highest BCUT2D eigenvalue weighted by Gasteiger charge is 2.34. The van der Waals surface area contributed by atoms with Crippen LogP contribution in [0.4, 0.5) is 18.9 Å². The number of aromatic nitrogens is 1. The smallest absolute Gasteiger partial charge is 0.309 e. The number of rotatable bonds is 2. The molecule has 1 amide bonds. The van der Waals surface area contributed by atoms with Gasteiger partial charge in [0, 0.05) is 6.54 Å². The second kappa shape index (κ2) is 4.56. The van der Waals surface area contributed by atoms with E-state index < -0.39 is 11.9 Å². The number of likely N-dealkylation sites (N-methyl/N-ethyl adjacent to an activating group) is 1. The maximum absolute atomic E-state index is 12.3. The molecule has 1 N–H and O–H groups in total. The summed E-state index contributed by atoms with van der Waals surface area (Å²) in [5, 5.41) is 2.86. The Bertz CT molecular complexity index is 444. The van der Waals surface area contributed by atoms with E-state index in [0.29, 0.717) is 18.7 Å². The molecule has 1 saturated heterocycles. The van der Waals surface area contributed by atoms with Crippen LogP contribution >= 0.6 is 0 Å². The molecule has 0 radical (unpaired) electrons. The predicted molar refractivity (Wildman–Crippen MR) is 59.1 cm³/mol. The van der Waals surface area contributed by atoms with Crippen LogP contribution in [-0.4, -0.2) is 30.5 Å². The van der Waals surface area contributed by atoms with E-state index in [1.807, 2.05) is 0 Å². The highest BCUT2D eigenvalue weighted by Crippen LogP contribution is 2.29. The van der Waals surface area contributed by atoms with E-state index in [1.54, 1.807) is 7.05 Å². The Labute approximate surface area is 102 Å². The first-order valence-electron chi connectivity index (χ1n) is 5.45. The lowest BCUT2D eigenvalue weighted by Crippen LogP contribution is -2.36. The summed E-state index contributed by atoms with van der Waals surface area (Å²) in [5.74, 6) is -0.140. The number of hydrogen-bond acceptors (Lipinski definition) is 3. The molecule has 4 nitrogen and oxygen atoms in total. The number of halogens is 3. The molecule has 18 heavy (non-hydrogen) atoms. The van der Waals surface area contributed by atoms with Crippen molar-refractivity contribution < 1.29 is 18.0 Å². The van der Waals surface area contributed by atoms with E-state index in [0.717, 1.165) is 12.3 Å². The third-order valence-corrected chi connectivity index (χ3v) is 2.90. The SMILES string of the molecule is CNC1CCN(c2ccc(C(F)(F)F)nc2)C1=O. The largest absolute Gasteiger partial charge is 0.433 e. The zero-order valence-electron chi connectivity index (χ0n) is 9.66. The molecule has 0 saturated carbocycles. The van der Waals surface area contributed by atoms with Crippen LogP contribution in [0.1, 0.15) is 12.1 Å². The number of nitrogens with zero attached hydrogens (tertiary/aromatic N) is 2. The van der Waals surface area contributed by atoms with E-state index in [2.05, 4.69) is 10.3 Å². The highest BCUT2D eigenvalue weighted by molar-refractivity contribution is 5.99. The molecular formula is C11H12F3N3O. The summed E-state index contributed by atoms with van der Waals surface area (Å²) in [7, 11) is 1.68. The van der Waals surface area contributed by atoms with Gasteiger partial charge in [0.15, 0.2) is 0 Å². The Hall–Kier alpha value is -1.63. The van der Waals surface area contributed by atoms with Crippen LogP contribution in [0, 0.1) is 0 Å². The van der Waals surface area contributed by atoms with Gasteiger partial charge in [0.2, 0.25) is 5.91 Å². The summed E-state index contributed by atoms with van der Waals surface area (Å²) in [6.07, 6.45) is -2.74. The van der Waals surface area contributed by atoms with Crippen molar-refractivity contribution in [1.29, 1.82) is 0 Å². The summed E-state index contributed by atoms with van der Waals surface area (Å²) in [5.41, 5.74) is -0.561. The lowest BCUT2D eigenvalue weighted by atomic mass is 10.2. The third kappa shape index (κ3) is 2.31. The number of carbonyl (C=O) groups excluding carboxylic acids is 1. The van der Waals surface area contributed by atoms with Gasteiger partial charge >= 0.3 is 6.18 Å². The van der Waals surface area contributed by atoms with Crippen molar-refractivity contribution in [2.75, 3.05) is 18.5 Å². The van der Waals surface area contributed by atoms with Gasteiger partial charge in [-0.25, -0.2) is 4.98 Å². The van der Waals surface area contributed by atoms with Crippen LogP contribution in [0.25, 0.3) is 0 Å². The number of hydrogen-bond donors (Lipinski definition) is 1. The molecule has 1 aliphatic rings. The molecule has 0 spiro atoms. The summed E-state index contributed by atoms with van der Waals surface area (Å²) in [6.45, 7) is 0.484. The number of nitrogens with one attached hydrogen (secondary N) is 1. The van der Waals surface area contributed by atoms with Crippen LogP contribution in [0.15, 0.2) is 18.3 Å². The standard InChI is InChI=1S/C11H12F3N3O/c1-15-8-4-5-17(10(8)18)7-2-3-9(16-6-7)11(12,13)14/h2-3,6,8,15H,4-5H2,1H3. The van der Waals surface area contributed by atoms with Crippen LogP contribution in [0.3, 0.4) is 0 Å². The monoisotopic (exact) mass is 259 g/mol. The van der Waals surface area contributed by atoms with Gasteiger partial charge in [-0.3, -0.25) is 4.79 Å². The van der Waals surface area contributed by atoms with Crippen LogP contribution in [0.5, 0.6) is 0 Å². The van der Waals surface area contributed by atoms with Crippen molar-refractivity contribution in [3.05, 3.63) is 24.0 Å². The molecule has 0 aliphatic carbocycles. The lowest BCUT2D eigenvalue weighted by molar-refractivity contribution is -0.141. The zero-order chi connectivity index (χ0) is 13.3. The van der Waals surface area contributed by atoms with Gasteiger partial charge in [0.1, 0.15) is 5.69 Å². The number of alkyl halides is 3. The normalized spacial score (nSPS) is 20.6. The fraction of sp³-hybridized carbons (Fsp3) is 0.455. The molecule has 1 unspecified atom stereocenters. The van der Waals surface area contributed by atoms with E-state index in [4.69, 9.17) is 0 Å². The molecule has 1 aromatic rings. The number of anilines is 1. The second-order valence-corrected chi connectivity index (χ2v) is 4.02. The second-order valence-electron chi connectivity index (χ2n) is 4.02. The first-order valence-corrected chi connectivity index (χ1v) is 5.45. The van der Waals surface area contributed by atoms with Crippen LogP contribution in [-0.2, 0) is 11.0 Å². The van der Waals surface area contributed by atoms with Crippen molar-refractivity contribution >= 4 is 11.6 Å². The minimum absolute atomic E-state index is 0.140. The Morgan fingerprint density at radius 3 is 2.61 bits per heavy atom. The fourth-order valence-corrected chi connectivity index (χ4v) is 1.92. The molecule has 2 heterocycles. The van der Waals surface area contributed by atoms with Gasteiger partial charge in [-0.05, 0) is 25.6 Å². The van der Waals surface area contributed by atoms with Crippen molar-refractivity contribution in [1.82, 2.24) is 10.3 Å². The number of amides is 1. The van der Waals surface area contributed by atoms with Crippen molar-refractivity contribution in [2.45, 2.75) is 18.6 Å². The van der Waals surface area contributed by atoms with Gasteiger partial charge in [-0.1, -0.05) is 0 Å². The zero-order valence-corrected chi connectivity index (χ0v) is 9.66. The Morgan fingerprint density at radius 1 is 1.44 bits per heavy atom. The minimum atomic E-state index is -4.46. The van der Waals surface area contributed by atoms with E-state index >= 15 is 0 Å². The van der Waals surface area contributed by atoms with E-state index in [1.165, 1.54) is 11.0 Å². The van der Waals surface area contributed by atoms with Gasteiger partial charge in [0.25, 0.3) is 0 Å². The first-order chi connectivity index (χ1) is 8.43. The molecule has 98 valence electrons. The molecule has 2 rings (SSSR count). The maximum atomic E-state index is 12.3. The Balaban J connectivity index is 2.19. The van der Waals surface area contributed by atoms with Crippen molar-refractivity contribution in [2.24, 2.45) is 0 Å². The Kier molecular flexibility index (Phi) is 3.25. The van der Waals surface area contributed by atoms with E-state index in [-0.39, 0.29) is 11.9 Å². The molecular weight excluding hydrogens is 247 g/mol. The number of pyridine rings is 1. The summed E-state index contributed by atoms with van der Waals surface area (Å²) in [6, 6.07) is 1.88. The average Bonchev–Trinajstić information content (AvgIpc) is 2.69. The van der Waals surface area contributed by atoms with Crippen LogP contribution in [0.2, 0.25) is 0 Å². The molecule has 1 aromatic heterocycles. The first kappa shape index (κ1) is 12.8. The molecule has 1 fully saturated rings. The quantitative estimate of drug-likeness (QED) is 0.873. The molecule has 7 heteroatoms. The Morgan fingerprint density at radius 2 is 2.17 bits per heavy atom. The summed E-state index contributed by atoms with van der Waals surface area (Å²) in [4.78, 5) is 16.6. The fourth-order valence-electron chi connectivity index (χ4n) is 1.92. The third-order valence-electron chi connectivity index (χ3n) is 2.90. The van der Waals surface area contributed by atoms with Crippen molar-refractivity contribution in [3.63, 3.8) is 0 Å². The molecule has 0 bridgehead atoms. The average molecular weight is 259 g/mol. The lowest BCUT2D eigenvalue weighted by Gasteiger charge is -2.16. The molecule has 1 aliphatic heterocycles. The van der Waals surface area contributed by atoms with Crippen LogP contribution < -0.4 is 10.2 Å². The van der Waals surface area contributed by atoms with Gasteiger partial charge in [0.05, 0.1) is 17.9 Å². The summed E-state index contributed by atoms with van der Waals surface area (Å²) < 4.78 is 37.0. The van der Waals surface area contributed by atoms with E-state index in [9.17, 15) is 18.0 Å². The predicted octanol–water partition coefficient (Wildman–Crippen LogP) is 1.43. The van der Waals surface area contributed by atoms with Crippen molar-refractivity contribution in [3.8, 4) is 0 Å². The number of carbonyl (C=O) groups is 1.